The van der Waals surface area contributed by atoms with Gasteiger partial charge in [-0.05, 0) is 30.9 Å². The molecule has 22 heavy (non-hydrogen) atoms. The van der Waals surface area contributed by atoms with Gasteiger partial charge in [0.2, 0.25) is 5.88 Å². The molecule has 6 nitrogen and oxygen atoms in total. The number of anilines is 2. The van der Waals surface area contributed by atoms with E-state index in [4.69, 9.17) is 14.9 Å². The number of hydrogen-bond acceptors (Lipinski definition) is 6. The normalized spacial score (nSPS) is 14.3. The van der Waals surface area contributed by atoms with Gasteiger partial charge in [-0.2, -0.15) is 4.98 Å². The van der Waals surface area contributed by atoms with Crippen LogP contribution in [0.3, 0.4) is 0 Å². The standard InChI is InChI=1S/C16H22N4O2/c1-10(2)9-22-16-13(17)15(18-8-12-4-3-7-21-12)19-14(20-16)11-5-6-11/h3-4,7,10-11H,5-6,8-9,17H2,1-2H3,(H,18,19,20). The maximum Gasteiger partial charge on any atom is 0.242 e. The largest absolute Gasteiger partial charge is 0.476 e. The topological polar surface area (TPSA) is 86.2 Å². The first-order valence-corrected chi connectivity index (χ1v) is 7.70. The number of aromatic nitrogens is 2. The minimum absolute atomic E-state index is 0.415. The van der Waals surface area contributed by atoms with Crippen molar-refractivity contribution in [2.24, 2.45) is 5.92 Å². The molecule has 1 fully saturated rings. The molecule has 0 amide bonds. The van der Waals surface area contributed by atoms with Crippen LogP contribution in [-0.2, 0) is 6.54 Å². The van der Waals surface area contributed by atoms with Crippen molar-refractivity contribution in [1.82, 2.24) is 9.97 Å². The van der Waals surface area contributed by atoms with Crippen molar-refractivity contribution in [2.75, 3.05) is 17.7 Å². The van der Waals surface area contributed by atoms with Crippen LogP contribution in [0.4, 0.5) is 11.5 Å². The van der Waals surface area contributed by atoms with Crippen LogP contribution < -0.4 is 15.8 Å². The zero-order chi connectivity index (χ0) is 15.5. The number of rotatable bonds is 7. The highest BCUT2D eigenvalue weighted by atomic mass is 16.5. The molecular weight excluding hydrogens is 280 g/mol. The van der Waals surface area contributed by atoms with E-state index in [1.54, 1.807) is 6.26 Å². The molecule has 0 aliphatic heterocycles. The second-order valence-corrected chi connectivity index (χ2v) is 6.06. The van der Waals surface area contributed by atoms with Crippen molar-refractivity contribution >= 4 is 11.5 Å². The summed E-state index contributed by atoms with van der Waals surface area (Å²) in [4.78, 5) is 9.04. The first kappa shape index (κ1) is 14.7. The third-order valence-corrected chi connectivity index (χ3v) is 3.43. The Morgan fingerprint density at radius 2 is 2.23 bits per heavy atom. The van der Waals surface area contributed by atoms with Crippen molar-refractivity contribution < 1.29 is 9.15 Å². The summed E-state index contributed by atoms with van der Waals surface area (Å²) in [5.41, 5.74) is 6.61. The van der Waals surface area contributed by atoms with Crippen molar-refractivity contribution in [3.8, 4) is 5.88 Å². The minimum atomic E-state index is 0.415. The quantitative estimate of drug-likeness (QED) is 0.817. The van der Waals surface area contributed by atoms with Crippen LogP contribution in [0.2, 0.25) is 0 Å². The van der Waals surface area contributed by atoms with E-state index in [0.717, 1.165) is 24.4 Å². The molecule has 2 aromatic rings. The number of furan rings is 1. The van der Waals surface area contributed by atoms with E-state index in [-0.39, 0.29) is 0 Å². The van der Waals surface area contributed by atoms with E-state index in [9.17, 15) is 0 Å². The lowest BCUT2D eigenvalue weighted by molar-refractivity contribution is 0.262. The zero-order valence-corrected chi connectivity index (χ0v) is 13.0. The fourth-order valence-electron chi connectivity index (χ4n) is 2.06. The maximum atomic E-state index is 6.16. The molecule has 0 radical (unpaired) electrons. The Balaban J connectivity index is 1.80. The zero-order valence-electron chi connectivity index (χ0n) is 13.0. The van der Waals surface area contributed by atoms with Gasteiger partial charge in [0.1, 0.15) is 17.3 Å². The molecule has 3 rings (SSSR count). The fourth-order valence-corrected chi connectivity index (χ4v) is 2.06. The predicted molar refractivity (Wildman–Crippen MR) is 84.8 cm³/mol. The highest BCUT2D eigenvalue weighted by molar-refractivity contribution is 5.67. The van der Waals surface area contributed by atoms with Crippen LogP contribution in [-0.4, -0.2) is 16.6 Å². The Bertz CT molecular complexity index is 621. The molecule has 0 atom stereocenters. The summed E-state index contributed by atoms with van der Waals surface area (Å²) in [6.45, 7) is 5.30. The van der Waals surface area contributed by atoms with Crippen LogP contribution in [0.5, 0.6) is 5.88 Å². The highest BCUT2D eigenvalue weighted by Gasteiger charge is 2.29. The number of nitrogen functional groups attached to an aromatic ring is 1. The monoisotopic (exact) mass is 302 g/mol. The second-order valence-electron chi connectivity index (χ2n) is 6.06. The van der Waals surface area contributed by atoms with E-state index in [1.165, 1.54) is 0 Å². The fraction of sp³-hybridized carbons (Fsp3) is 0.500. The van der Waals surface area contributed by atoms with Gasteiger partial charge in [-0.3, -0.25) is 0 Å². The Kier molecular flexibility index (Phi) is 4.18. The number of nitrogens with one attached hydrogen (secondary N) is 1. The molecule has 6 heteroatoms. The molecule has 1 saturated carbocycles. The Labute approximate surface area is 130 Å². The Morgan fingerprint density at radius 3 is 2.86 bits per heavy atom. The lowest BCUT2D eigenvalue weighted by Gasteiger charge is -2.14. The van der Waals surface area contributed by atoms with Crippen LogP contribution >= 0.6 is 0 Å². The van der Waals surface area contributed by atoms with Gasteiger partial charge in [-0.1, -0.05) is 13.8 Å². The van der Waals surface area contributed by atoms with Gasteiger partial charge in [-0.15, -0.1) is 0 Å². The number of ether oxygens (including phenoxy) is 1. The number of nitrogens with zero attached hydrogens (tertiary/aromatic N) is 2. The summed E-state index contributed by atoms with van der Waals surface area (Å²) in [6, 6.07) is 3.76. The lowest BCUT2D eigenvalue weighted by Crippen LogP contribution is -2.12. The molecule has 0 unspecified atom stereocenters. The van der Waals surface area contributed by atoms with Crippen molar-refractivity contribution in [3.05, 3.63) is 30.0 Å². The average Bonchev–Trinajstić information content (AvgIpc) is 3.21. The number of hydrogen-bond donors (Lipinski definition) is 2. The van der Waals surface area contributed by atoms with Gasteiger partial charge in [0, 0.05) is 5.92 Å². The van der Waals surface area contributed by atoms with Crippen molar-refractivity contribution in [2.45, 2.75) is 39.2 Å². The van der Waals surface area contributed by atoms with Crippen molar-refractivity contribution in [1.29, 1.82) is 0 Å². The Morgan fingerprint density at radius 1 is 1.41 bits per heavy atom. The summed E-state index contributed by atoms with van der Waals surface area (Å²) in [7, 11) is 0. The molecule has 0 aromatic carbocycles. The van der Waals surface area contributed by atoms with E-state index >= 15 is 0 Å². The molecular formula is C16H22N4O2. The molecule has 0 saturated heterocycles. The van der Waals surface area contributed by atoms with Gasteiger partial charge in [0.05, 0.1) is 19.4 Å². The first-order chi connectivity index (χ1) is 10.6. The third kappa shape index (κ3) is 3.50. The van der Waals surface area contributed by atoms with Crippen LogP contribution in [0.25, 0.3) is 0 Å². The minimum Gasteiger partial charge on any atom is -0.476 e. The average molecular weight is 302 g/mol. The summed E-state index contributed by atoms with van der Waals surface area (Å²) >= 11 is 0. The summed E-state index contributed by atoms with van der Waals surface area (Å²) in [6.07, 6.45) is 3.91. The number of nitrogens with two attached hydrogens (primary N) is 1. The molecule has 0 spiro atoms. The Hall–Kier alpha value is -2.24. The molecule has 3 N–H and O–H groups in total. The van der Waals surface area contributed by atoms with E-state index in [0.29, 0.717) is 42.4 Å². The molecule has 118 valence electrons. The lowest BCUT2D eigenvalue weighted by atomic mass is 10.2. The highest BCUT2D eigenvalue weighted by Crippen LogP contribution is 2.40. The van der Waals surface area contributed by atoms with Gasteiger partial charge in [0.25, 0.3) is 0 Å². The second kappa shape index (κ2) is 6.25. The van der Waals surface area contributed by atoms with Crippen LogP contribution in [0.15, 0.2) is 22.8 Å². The maximum absolute atomic E-state index is 6.16. The molecule has 2 aromatic heterocycles. The van der Waals surface area contributed by atoms with Crippen LogP contribution in [0.1, 0.15) is 44.2 Å². The van der Waals surface area contributed by atoms with Gasteiger partial charge in [0.15, 0.2) is 5.82 Å². The first-order valence-electron chi connectivity index (χ1n) is 7.70. The van der Waals surface area contributed by atoms with Gasteiger partial charge in [-0.25, -0.2) is 4.98 Å². The van der Waals surface area contributed by atoms with Crippen molar-refractivity contribution in [3.63, 3.8) is 0 Å². The smallest absolute Gasteiger partial charge is 0.242 e. The summed E-state index contributed by atoms with van der Waals surface area (Å²) in [5, 5.41) is 3.22. The van der Waals surface area contributed by atoms with Crippen LogP contribution in [0, 0.1) is 5.92 Å². The predicted octanol–water partition coefficient (Wildman–Crippen LogP) is 3.18. The van der Waals surface area contributed by atoms with E-state index in [2.05, 4.69) is 29.1 Å². The third-order valence-electron chi connectivity index (χ3n) is 3.43. The van der Waals surface area contributed by atoms with E-state index in [1.807, 2.05) is 12.1 Å². The molecule has 0 bridgehead atoms. The molecule has 1 aliphatic rings. The van der Waals surface area contributed by atoms with Gasteiger partial charge < -0.3 is 20.2 Å². The molecule has 1 aliphatic carbocycles. The summed E-state index contributed by atoms with van der Waals surface area (Å²) in [5.74, 6) is 3.59. The van der Waals surface area contributed by atoms with Gasteiger partial charge >= 0.3 is 0 Å². The molecule has 2 heterocycles. The van der Waals surface area contributed by atoms with E-state index < -0.39 is 0 Å². The summed E-state index contributed by atoms with van der Waals surface area (Å²) < 4.78 is 11.1. The SMILES string of the molecule is CC(C)COc1nc(C2CC2)nc(NCc2ccco2)c1N.